The molecule has 0 bridgehead atoms. The van der Waals surface area contributed by atoms with Crippen LogP contribution in [-0.4, -0.2) is 28.6 Å². The van der Waals surface area contributed by atoms with Gasteiger partial charge in [0.15, 0.2) is 0 Å². The maximum absolute atomic E-state index is 11.7. The number of fused-ring (bicyclic) bond motifs is 1. The van der Waals surface area contributed by atoms with Crippen LogP contribution in [0.5, 0.6) is 11.5 Å². The van der Waals surface area contributed by atoms with Crippen LogP contribution in [0.1, 0.15) is 30.0 Å². The number of nitrogens with one attached hydrogen (secondary N) is 1. The zero-order valence-electron chi connectivity index (χ0n) is 15.4. The van der Waals surface area contributed by atoms with Crippen LogP contribution in [0.3, 0.4) is 0 Å². The van der Waals surface area contributed by atoms with E-state index in [1.807, 2.05) is 39.1 Å². The van der Waals surface area contributed by atoms with Gasteiger partial charge in [0, 0.05) is 43.5 Å². The van der Waals surface area contributed by atoms with Crippen molar-refractivity contribution in [2.24, 2.45) is 7.05 Å². The van der Waals surface area contributed by atoms with Gasteiger partial charge in [0.1, 0.15) is 17.2 Å². The van der Waals surface area contributed by atoms with Gasteiger partial charge in [-0.3, -0.25) is 9.78 Å². The highest BCUT2D eigenvalue weighted by Crippen LogP contribution is 2.28. The topological polar surface area (TPSA) is 65.4 Å². The second-order valence-corrected chi connectivity index (χ2v) is 6.33. The van der Waals surface area contributed by atoms with E-state index in [9.17, 15) is 4.79 Å². The molecule has 0 radical (unpaired) electrons. The van der Waals surface area contributed by atoms with E-state index in [1.54, 1.807) is 25.4 Å². The fourth-order valence-electron chi connectivity index (χ4n) is 2.68. The zero-order valence-corrected chi connectivity index (χ0v) is 15.4. The monoisotopic (exact) mass is 353 g/mol. The summed E-state index contributed by atoms with van der Waals surface area (Å²) < 4.78 is 13.7. The Kier molecular flexibility index (Phi) is 5.23. The van der Waals surface area contributed by atoms with Crippen LogP contribution in [0.4, 0.5) is 0 Å². The summed E-state index contributed by atoms with van der Waals surface area (Å²) in [7, 11) is 3.59. The number of carbonyl (C=O) groups is 1. The number of carbonyl (C=O) groups excluding carboxylic acids is 1. The van der Waals surface area contributed by atoms with Crippen molar-refractivity contribution in [1.29, 1.82) is 0 Å². The number of pyridine rings is 1. The summed E-state index contributed by atoms with van der Waals surface area (Å²) in [6.45, 7) is 4.62. The smallest absolute Gasteiger partial charge is 0.269 e. The molecule has 0 saturated heterocycles. The molecule has 0 unspecified atom stereocenters. The first kappa shape index (κ1) is 17.9. The molecular weight excluding hydrogens is 330 g/mol. The number of hydrogen-bond donors (Lipinski definition) is 1. The molecule has 0 aliphatic carbocycles. The summed E-state index contributed by atoms with van der Waals surface area (Å²) >= 11 is 0. The zero-order chi connectivity index (χ0) is 18.7. The molecule has 0 saturated carbocycles. The maximum atomic E-state index is 11.7. The number of ether oxygens (including phenoxy) is 2. The SMILES string of the molecule is CNC(=O)c1cc(Oc2ccc3cc(COC(C)C)n(C)c3c2)ccn1. The molecule has 3 aromatic rings. The summed E-state index contributed by atoms with van der Waals surface area (Å²) in [5, 5.41) is 3.68. The van der Waals surface area contributed by atoms with Gasteiger partial charge in [-0.15, -0.1) is 0 Å². The molecule has 2 heterocycles. The molecular formula is C20H23N3O3. The average Bonchev–Trinajstić information content (AvgIpc) is 2.95. The number of amides is 1. The maximum Gasteiger partial charge on any atom is 0.269 e. The Morgan fingerprint density at radius 3 is 2.69 bits per heavy atom. The van der Waals surface area contributed by atoms with Crippen LogP contribution < -0.4 is 10.1 Å². The summed E-state index contributed by atoms with van der Waals surface area (Å²) in [5.74, 6) is 1.02. The minimum Gasteiger partial charge on any atom is -0.457 e. The Hall–Kier alpha value is -2.86. The van der Waals surface area contributed by atoms with E-state index >= 15 is 0 Å². The fourth-order valence-corrected chi connectivity index (χ4v) is 2.68. The van der Waals surface area contributed by atoms with E-state index in [4.69, 9.17) is 9.47 Å². The summed E-state index contributed by atoms with van der Waals surface area (Å²) in [4.78, 5) is 15.7. The molecule has 0 fully saturated rings. The highest BCUT2D eigenvalue weighted by molar-refractivity contribution is 5.92. The van der Waals surface area contributed by atoms with Gasteiger partial charge in [0.2, 0.25) is 0 Å². The Morgan fingerprint density at radius 2 is 1.96 bits per heavy atom. The van der Waals surface area contributed by atoms with Gasteiger partial charge in [-0.25, -0.2) is 0 Å². The Bertz CT molecular complexity index is 931. The number of nitrogens with zero attached hydrogens (tertiary/aromatic N) is 2. The van der Waals surface area contributed by atoms with E-state index < -0.39 is 0 Å². The van der Waals surface area contributed by atoms with Crippen LogP contribution in [0.2, 0.25) is 0 Å². The molecule has 6 nitrogen and oxygen atoms in total. The minimum absolute atomic E-state index is 0.188. The molecule has 0 spiro atoms. The highest BCUT2D eigenvalue weighted by atomic mass is 16.5. The van der Waals surface area contributed by atoms with Crippen molar-refractivity contribution in [3.8, 4) is 11.5 Å². The molecule has 0 aliphatic heterocycles. The second kappa shape index (κ2) is 7.58. The van der Waals surface area contributed by atoms with Gasteiger partial charge in [-0.1, -0.05) is 0 Å². The third-order valence-electron chi connectivity index (χ3n) is 4.11. The molecule has 0 aliphatic rings. The lowest BCUT2D eigenvalue weighted by Gasteiger charge is -2.09. The lowest BCUT2D eigenvalue weighted by Crippen LogP contribution is -2.18. The lowest BCUT2D eigenvalue weighted by atomic mass is 10.2. The highest BCUT2D eigenvalue weighted by Gasteiger charge is 2.10. The predicted molar refractivity (Wildman–Crippen MR) is 101 cm³/mol. The minimum atomic E-state index is -0.247. The Balaban J connectivity index is 1.85. The van der Waals surface area contributed by atoms with Gasteiger partial charge < -0.3 is 19.4 Å². The van der Waals surface area contributed by atoms with Crippen LogP contribution in [0.15, 0.2) is 42.6 Å². The Morgan fingerprint density at radius 1 is 1.19 bits per heavy atom. The van der Waals surface area contributed by atoms with E-state index in [0.29, 0.717) is 23.8 Å². The van der Waals surface area contributed by atoms with Crippen LogP contribution in [-0.2, 0) is 18.4 Å². The number of hydrogen-bond acceptors (Lipinski definition) is 4. The van der Waals surface area contributed by atoms with Gasteiger partial charge in [-0.2, -0.15) is 0 Å². The molecule has 1 N–H and O–H groups in total. The van der Waals surface area contributed by atoms with E-state index in [2.05, 4.69) is 20.9 Å². The predicted octanol–water partition coefficient (Wildman–Crippen LogP) is 3.65. The van der Waals surface area contributed by atoms with E-state index in [0.717, 1.165) is 16.6 Å². The number of aryl methyl sites for hydroxylation is 1. The fraction of sp³-hybridized carbons (Fsp3) is 0.300. The second-order valence-electron chi connectivity index (χ2n) is 6.33. The Labute approximate surface area is 152 Å². The molecule has 136 valence electrons. The van der Waals surface area contributed by atoms with Gasteiger partial charge >= 0.3 is 0 Å². The van der Waals surface area contributed by atoms with E-state index in [-0.39, 0.29) is 12.0 Å². The third-order valence-corrected chi connectivity index (χ3v) is 4.11. The number of aromatic nitrogens is 2. The quantitative estimate of drug-likeness (QED) is 0.735. The number of benzene rings is 1. The van der Waals surface area contributed by atoms with Gasteiger partial charge in [0.25, 0.3) is 5.91 Å². The largest absolute Gasteiger partial charge is 0.457 e. The van der Waals surface area contributed by atoms with Crippen molar-refractivity contribution in [1.82, 2.24) is 14.9 Å². The molecule has 6 heteroatoms. The normalized spacial score (nSPS) is 11.1. The molecule has 26 heavy (non-hydrogen) atoms. The molecule has 1 amide bonds. The first-order valence-electron chi connectivity index (χ1n) is 8.54. The first-order chi connectivity index (χ1) is 12.5. The van der Waals surface area contributed by atoms with Gasteiger partial charge in [0.05, 0.1) is 18.2 Å². The lowest BCUT2D eigenvalue weighted by molar-refractivity contribution is 0.0624. The molecule has 2 aromatic heterocycles. The van der Waals surface area contributed by atoms with Crippen molar-refractivity contribution in [3.63, 3.8) is 0 Å². The van der Waals surface area contributed by atoms with Crippen LogP contribution in [0, 0.1) is 0 Å². The van der Waals surface area contributed by atoms with Crippen molar-refractivity contribution in [2.75, 3.05) is 7.05 Å². The van der Waals surface area contributed by atoms with Crippen LogP contribution >= 0.6 is 0 Å². The van der Waals surface area contributed by atoms with Gasteiger partial charge in [-0.05, 0) is 38.1 Å². The molecule has 0 atom stereocenters. The third kappa shape index (κ3) is 3.86. The van der Waals surface area contributed by atoms with E-state index in [1.165, 1.54) is 0 Å². The standard InChI is InChI=1S/C20H23N3O3/c1-13(2)25-12-15-9-14-5-6-16(11-19(14)23(15)4)26-17-7-8-22-18(10-17)20(24)21-3/h5-11,13H,12H2,1-4H3,(H,21,24). The molecule has 3 rings (SSSR count). The summed E-state index contributed by atoms with van der Waals surface area (Å²) in [6.07, 6.45) is 1.75. The van der Waals surface area contributed by atoms with Crippen molar-refractivity contribution < 1.29 is 14.3 Å². The van der Waals surface area contributed by atoms with Crippen LogP contribution in [0.25, 0.3) is 10.9 Å². The molecule has 1 aromatic carbocycles. The van der Waals surface area contributed by atoms with Crippen molar-refractivity contribution in [2.45, 2.75) is 26.6 Å². The summed E-state index contributed by atoms with van der Waals surface area (Å²) in [5.41, 5.74) is 2.49. The first-order valence-corrected chi connectivity index (χ1v) is 8.54. The summed E-state index contributed by atoms with van der Waals surface area (Å²) in [6, 6.07) is 11.4. The number of rotatable bonds is 6. The van der Waals surface area contributed by atoms with Crippen molar-refractivity contribution >= 4 is 16.8 Å². The van der Waals surface area contributed by atoms with Crippen molar-refractivity contribution in [3.05, 3.63) is 54.0 Å². The average molecular weight is 353 g/mol.